The first kappa shape index (κ1) is 35.0. The Morgan fingerprint density at radius 2 is 1.44 bits per heavy atom. The molecule has 0 aliphatic carbocycles. The van der Waals surface area contributed by atoms with Gasteiger partial charge in [0.15, 0.2) is 24.1 Å². The van der Waals surface area contributed by atoms with E-state index in [4.69, 9.17) is 33.4 Å². The van der Waals surface area contributed by atoms with Gasteiger partial charge in [-0.3, -0.25) is 34.0 Å². The highest BCUT2D eigenvalue weighted by Crippen LogP contribution is 2.24. The number of epoxide rings is 1. The average Bonchev–Trinajstić information content (AvgIpc) is 3.58. The van der Waals surface area contributed by atoms with Gasteiger partial charge in [0.25, 0.3) is 11.8 Å². The van der Waals surface area contributed by atoms with Crippen LogP contribution in [0.4, 0.5) is 0 Å². The SMILES string of the molecule is CC(C)C[C@@H](NC(=O)[C@H]1OC1C(=O)N[C@@H](CCCN=C(N)N)C(=O)N1CCC[C@H]1C(N)=O)C(=O)NCCCCN=C(N)N. The monoisotopic (exact) mass is 609 g/mol. The fourth-order valence-electron chi connectivity index (χ4n) is 4.79. The van der Waals surface area contributed by atoms with Gasteiger partial charge >= 0.3 is 0 Å². The second kappa shape index (κ2) is 17.1. The number of amides is 5. The van der Waals surface area contributed by atoms with Gasteiger partial charge in [-0.05, 0) is 50.9 Å². The van der Waals surface area contributed by atoms with Gasteiger partial charge in [0, 0.05) is 26.2 Å². The summed E-state index contributed by atoms with van der Waals surface area (Å²) in [5, 5.41) is 8.12. The Kier molecular flexibility index (Phi) is 13.9. The molecule has 2 rings (SSSR count). The van der Waals surface area contributed by atoms with Crippen molar-refractivity contribution in [3.05, 3.63) is 0 Å². The number of carbonyl (C=O) groups is 5. The topological polar surface area (TPSA) is 292 Å². The maximum atomic E-state index is 13.3. The van der Waals surface area contributed by atoms with Crippen molar-refractivity contribution in [2.24, 2.45) is 44.6 Å². The van der Waals surface area contributed by atoms with Crippen molar-refractivity contribution < 1.29 is 28.7 Å². The van der Waals surface area contributed by atoms with Crippen LogP contribution in [-0.4, -0.2) is 103 Å². The quantitative estimate of drug-likeness (QED) is 0.0328. The minimum atomic E-state index is -1.14. The maximum absolute atomic E-state index is 13.3. The van der Waals surface area contributed by atoms with E-state index >= 15 is 0 Å². The molecule has 0 aromatic rings. The van der Waals surface area contributed by atoms with Gasteiger partial charge in [-0.2, -0.15) is 0 Å². The second-order valence-corrected chi connectivity index (χ2v) is 11.1. The number of rotatable bonds is 18. The Hall–Kier alpha value is -4.15. The number of ether oxygens (including phenoxy) is 1. The smallest absolute Gasteiger partial charge is 0.253 e. The molecule has 2 fully saturated rings. The summed E-state index contributed by atoms with van der Waals surface area (Å²) in [5.41, 5.74) is 26.8. The zero-order chi connectivity index (χ0) is 32.1. The number of guanidine groups is 2. The molecule has 17 heteroatoms. The number of primary amides is 1. The Bertz CT molecular complexity index is 1060. The molecule has 5 amide bonds. The number of nitrogens with two attached hydrogens (primary N) is 5. The molecule has 5 atom stereocenters. The Morgan fingerprint density at radius 1 is 0.860 bits per heavy atom. The average molecular weight is 610 g/mol. The summed E-state index contributed by atoms with van der Waals surface area (Å²) in [5.74, 6) is -2.72. The summed E-state index contributed by atoms with van der Waals surface area (Å²) < 4.78 is 5.35. The van der Waals surface area contributed by atoms with Crippen LogP contribution >= 0.6 is 0 Å². The number of likely N-dealkylation sites (tertiary alicyclic amines) is 1. The molecule has 0 aromatic heterocycles. The standard InChI is InChI=1S/C26H47N11O6/c1-14(2)13-16(21(39)32-9-3-4-10-33-25(28)29)36-23(41)19-18(43-19)22(40)35-15(7-5-11-34-26(30)31)24(42)37-12-6-8-17(37)20(27)38/h14-19H,3-13H2,1-2H3,(H2,27,38)(H,32,39)(H,35,40)(H,36,41)(H4,28,29,33)(H4,30,31,34)/t15-,16+,17-,18?,19-/m0/s1. The van der Waals surface area contributed by atoms with E-state index in [1.54, 1.807) is 0 Å². The van der Waals surface area contributed by atoms with Crippen LogP contribution in [0.1, 0.15) is 58.8 Å². The summed E-state index contributed by atoms with van der Waals surface area (Å²) in [6, 6.07) is -2.60. The van der Waals surface area contributed by atoms with E-state index in [0.29, 0.717) is 58.2 Å². The number of hydrogen-bond acceptors (Lipinski definition) is 8. The van der Waals surface area contributed by atoms with Gasteiger partial charge < -0.3 is 54.3 Å². The van der Waals surface area contributed by atoms with Crippen molar-refractivity contribution in [3.8, 4) is 0 Å². The third-order valence-corrected chi connectivity index (χ3v) is 6.95. The van der Waals surface area contributed by atoms with Gasteiger partial charge in [-0.25, -0.2) is 0 Å². The Morgan fingerprint density at radius 3 is 2.00 bits per heavy atom. The zero-order valence-corrected chi connectivity index (χ0v) is 24.9. The van der Waals surface area contributed by atoms with Crippen LogP contribution in [0.25, 0.3) is 0 Å². The van der Waals surface area contributed by atoms with Crippen LogP contribution in [-0.2, 0) is 28.7 Å². The van der Waals surface area contributed by atoms with Crippen molar-refractivity contribution in [1.29, 1.82) is 0 Å². The highest BCUT2D eigenvalue weighted by molar-refractivity contribution is 5.99. The van der Waals surface area contributed by atoms with Crippen molar-refractivity contribution in [3.63, 3.8) is 0 Å². The van der Waals surface area contributed by atoms with Gasteiger partial charge in [0.1, 0.15) is 18.1 Å². The maximum Gasteiger partial charge on any atom is 0.253 e. The van der Waals surface area contributed by atoms with E-state index in [-0.39, 0.29) is 36.7 Å². The number of carbonyl (C=O) groups excluding carboxylic acids is 5. The molecular formula is C26H47N11O6. The van der Waals surface area contributed by atoms with Gasteiger partial charge in [0.2, 0.25) is 17.7 Å². The van der Waals surface area contributed by atoms with Crippen LogP contribution in [0.3, 0.4) is 0 Å². The number of unbranched alkanes of at least 4 members (excludes halogenated alkanes) is 1. The molecule has 2 saturated heterocycles. The minimum absolute atomic E-state index is 0.00584. The molecule has 43 heavy (non-hydrogen) atoms. The molecule has 0 radical (unpaired) electrons. The van der Waals surface area contributed by atoms with E-state index < -0.39 is 54.0 Å². The van der Waals surface area contributed by atoms with E-state index in [1.807, 2.05) is 13.8 Å². The highest BCUT2D eigenvalue weighted by atomic mass is 16.6. The van der Waals surface area contributed by atoms with Crippen molar-refractivity contribution >= 4 is 41.5 Å². The molecule has 2 aliphatic heterocycles. The van der Waals surface area contributed by atoms with E-state index in [9.17, 15) is 24.0 Å². The first-order valence-electron chi connectivity index (χ1n) is 14.6. The fourth-order valence-corrected chi connectivity index (χ4v) is 4.79. The molecule has 17 nitrogen and oxygen atoms in total. The Balaban J connectivity index is 1.96. The predicted octanol–water partition coefficient (Wildman–Crippen LogP) is -3.53. The van der Waals surface area contributed by atoms with Crippen LogP contribution in [0.15, 0.2) is 9.98 Å². The number of nitrogens with one attached hydrogen (secondary N) is 3. The summed E-state index contributed by atoms with van der Waals surface area (Å²) >= 11 is 0. The predicted molar refractivity (Wildman–Crippen MR) is 159 cm³/mol. The van der Waals surface area contributed by atoms with Crippen molar-refractivity contribution in [2.45, 2.75) is 89.1 Å². The Labute approximate surface area is 251 Å². The lowest BCUT2D eigenvalue weighted by Gasteiger charge is -2.27. The lowest BCUT2D eigenvalue weighted by atomic mass is 10.0. The summed E-state index contributed by atoms with van der Waals surface area (Å²) in [7, 11) is 0. The first-order valence-corrected chi connectivity index (χ1v) is 14.6. The third-order valence-electron chi connectivity index (χ3n) is 6.95. The molecule has 2 aliphatic rings. The van der Waals surface area contributed by atoms with Crippen LogP contribution in [0.2, 0.25) is 0 Å². The molecular weight excluding hydrogens is 562 g/mol. The molecule has 1 unspecified atom stereocenters. The largest absolute Gasteiger partial charge is 0.370 e. The lowest BCUT2D eigenvalue weighted by Crippen LogP contribution is -2.54. The molecule has 0 bridgehead atoms. The van der Waals surface area contributed by atoms with Gasteiger partial charge in [0.05, 0.1) is 0 Å². The van der Waals surface area contributed by atoms with E-state index in [1.165, 1.54) is 4.90 Å². The normalized spacial score (nSPS) is 20.4. The summed E-state index contributed by atoms with van der Waals surface area (Å²) in [6.45, 7) is 5.20. The number of hydrogen-bond donors (Lipinski definition) is 8. The first-order chi connectivity index (χ1) is 20.3. The minimum Gasteiger partial charge on any atom is -0.370 e. The zero-order valence-electron chi connectivity index (χ0n) is 24.9. The summed E-state index contributed by atoms with van der Waals surface area (Å²) in [6.07, 6.45) is 1.000. The molecule has 0 spiro atoms. The number of aliphatic imine (C=N–C) groups is 2. The van der Waals surface area contributed by atoms with Crippen molar-refractivity contribution in [2.75, 3.05) is 26.2 Å². The molecule has 2 heterocycles. The third kappa shape index (κ3) is 11.9. The molecule has 13 N–H and O–H groups in total. The van der Waals surface area contributed by atoms with Crippen molar-refractivity contribution in [1.82, 2.24) is 20.9 Å². The molecule has 0 aromatic carbocycles. The second-order valence-electron chi connectivity index (χ2n) is 11.1. The fraction of sp³-hybridized carbons (Fsp3) is 0.731. The van der Waals surface area contributed by atoms with Crippen LogP contribution in [0, 0.1) is 5.92 Å². The van der Waals surface area contributed by atoms with E-state index in [0.717, 1.165) is 0 Å². The highest BCUT2D eigenvalue weighted by Gasteiger charge is 2.52. The molecule has 242 valence electrons. The van der Waals surface area contributed by atoms with Gasteiger partial charge in [-0.1, -0.05) is 13.8 Å². The van der Waals surface area contributed by atoms with E-state index in [2.05, 4.69) is 25.9 Å². The summed E-state index contributed by atoms with van der Waals surface area (Å²) in [4.78, 5) is 73.0. The number of nitrogens with zero attached hydrogens (tertiary/aromatic N) is 3. The van der Waals surface area contributed by atoms with Gasteiger partial charge in [-0.15, -0.1) is 0 Å². The van der Waals surface area contributed by atoms with Crippen LogP contribution in [0.5, 0.6) is 0 Å². The molecule has 0 saturated carbocycles. The van der Waals surface area contributed by atoms with Crippen LogP contribution < -0.4 is 44.6 Å². The lowest BCUT2D eigenvalue weighted by molar-refractivity contribution is -0.140.